The van der Waals surface area contributed by atoms with Crippen molar-refractivity contribution in [3.8, 4) is 0 Å². The second-order valence-electron chi connectivity index (χ2n) is 5.24. The third-order valence-corrected chi connectivity index (χ3v) is 8.34. The van der Waals surface area contributed by atoms with Gasteiger partial charge in [0.1, 0.15) is 4.21 Å². The Labute approximate surface area is 127 Å². The van der Waals surface area contributed by atoms with Crippen LogP contribution in [0.5, 0.6) is 0 Å². The minimum Gasteiger partial charge on any atom is -0.314 e. The summed E-state index contributed by atoms with van der Waals surface area (Å²) in [6.07, 6.45) is 1.68. The summed E-state index contributed by atoms with van der Waals surface area (Å²) in [7, 11) is -1.39. The summed E-state index contributed by atoms with van der Waals surface area (Å²) < 4.78 is 28.0. The lowest BCUT2D eigenvalue weighted by Crippen LogP contribution is -2.51. The fraction of sp³-hybridized carbons (Fsp3) is 0.667. The molecule has 2 heterocycles. The molecule has 7 heteroatoms. The number of nitrogens with one attached hydrogen (secondary N) is 1. The molecule has 0 bridgehead atoms. The molecular formula is C12H19BrN2O2S2. The van der Waals surface area contributed by atoms with E-state index in [1.165, 1.54) is 11.3 Å². The number of hydrogen-bond acceptors (Lipinski definition) is 4. The van der Waals surface area contributed by atoms with E-state index in [0.29, 0.717) is 17.3 Å². The van der Waals surface area contributed by atoms with Gasteiger partial charge in [0.25, 0.3) is 10.0 Å². The van der Waals surface area contributed by atoms with Crippen molar-refractivity contribution in [1.29, 1.82) is 0 Å². The predicted octanol–water partition coefficient (Wildman–Crippen LogP) is 2.58. The van der Waals surface area contributed by atoms with Gasteiger partial charge in [-0.2, -0.15) is 4.31 Å². The number of halogens is 1. The van der Waals surface area contributed by atoms with Crippen molar-refractivity contribution in [3.05, 3.63) is 15.4 Å². The molecular weight excluding hydrogens is 348 g/mol. The number of nitrogens with zero attached hydrogens (tertiary/aromatic N) is 1. The zero-order valence-corrected chi connectivity index (χ0v) is 14.6. The van der Waals surface area contributed by atoms with E-state index in [4.69, 9.17) is 0 Å². The monoisotopic (exact) mass is 366 g/mol. The Kier molecular flexibility index (Phi) is 4.42. The van der Waals surface area contributed by atoms with E-state index in [0.717, 1.165) is 22.2 Å². The molecule has 1 aliphatic rings. The molecule has 0 aliphatic carbocycles. The first-order valence-corrected chi connectivity index (χ1v) is 9.28. The highest BCUT2D eigenvalue weighted by Gasteiger charge is 2.35. The van der Waals surface area contributed by atoms with E-state index in [2.05, 4.69) is 28.2 Å². The van der Waals surface area contributed by atoms with E-state index in [1.807, 2.05) is 14.0 Å². The molecule has 2 rings (SSSR count). The smallest absolute Gasteiger partial charge is 0.252 e. The molecule has 0 atom stereocenters. The van der Waals surface area contributed by atoms with Crippen LogP contribution in [0, 0.1) is 6.92 Å². The normalized spacial score (nSPS) is 20.6. The van der Waals surface area contributed by atoms with Gasteiger partial charge in [-0.1, -0.05) is 0 Å². The Balaban J connectivity index is 2.18. The summed E-state index contributed by atoms with van der Waals surface area (Å²) in [5, 5.41) is 3.28. The molecule has 1 fully saturated rings. The van der Waals surface area contributed by atoms with Gasteiger partial charge < -0.3 is 5.32 Å². The summed E-state index contributed by atoms with van der Waals surface area (Å²) in [5.74, 6) is 0. The number of piperidine rings is 1. The van der Waals surface area contributed by atoms with Crippen LogP contribution in [0.3, 0.4) is 0 Å². The Hall–Kier alpha value is 0.0500. The molecule has 1 N–H and O–H groups in total. The Morgan fingerprint density at radius 3 is 2.42 bits per heavy atom. The van der Waals surface area contributed by atoms with Crippen molar-refractivity contribution in [2.45, 2.75) is 36.4 Å². The Bertz CT molecular complexity index is 541. The van der Waals surface area contributed by atoms with Gasteiger partial charge >= 0.3 is 0 Å². The highest BCUT2D eigenvalue weighted by molar-refractivity contribution is 9.11. The molecule has 4 nitrogen and oxygen atoms in total. The van der Waals surface area contributed by atoms with Gasteiger partial charge in [-0.15, -0.1) is 11.3 Å². The number of hydrogen-bond donors (Lipinski definition) is 1. The summed E-state index contributed by atoms with van der Waals surface area (Å²) in [4.78, 5) is 0. The van der Waals surface area contributed by atoms with Crippen LogP contribution in [0.15, 0.2) is 14.1 Å². The lowest BCUT2D eigenvalue weighted by molar-refractivity contribution is 0.220. The molecule has 0 aromatic carbocycles. The second-order valence-corrected chi connectivity index (χ2v) is 9.77. The maximum absolute atomic E-state index is 12.5. The van der Waals surface area contributed by atoms with Gasteiger partial charge in [0.05, 0.1) is 3.79 Å². The van der Waals surface area contributed by atoms with Gasteiger partial charge in [0, 0.05) is 18.6 Å². The van der Waals surface area contributed by atoms with Gasteiger partial charge in [0.2, 0.25) is 0 Å². The molecule has 1 aliphatic heterocycles. The van der Waals surface area contributed by atoms with Crippen molar-refractivity contribution < 1.29 is 8.42 Å². The first kappa shape index (κ1) is 15.4. The maximum Gasteiger partial charge on any atom is 0.252 e. The van der Waals surface area contributed by atoms with Crippen molar-refractivity contribution in [2.75, 3.05) is 20.1 Å². The van der Waals surface area contributed by atoms with Gasteiger partial charge in [-0.25, -0.2) is 8.42 Å². The third-order valence-electron chi connectivity index (χ3n) is 3.86. The maximum atomic E-state index is 12.5. The molecule has 19 heavy (non-hydrogen) atoms. The van der Waals surface area contributed by atoms with Crippen LogP contribution in [0.4, 0.5) is 0 Å². The SMILES string of the molecule is CNC1(C)CCN(S(=O)(=O)c2cc(C)c(Br)s2)CC1. The first-order chi connectivity index (χ1) is 8.78. The zero-order chi connectivity index (χ0) is 14.3. The van der Waals surface area contributed by atoms with Crippen LogP contribution in [0.1, 0.15) is 25.3 Å². The van der Waals surface area contributed by atoms with E-state index in [1.54, 1.807) is 10.4 Å². The molecule has 0 spiro atoms. The van der Waals surface area contributed by atoms with Crippen LogP contribution >= 0.6 is 27.3 Å². The Morgan fingerprint density at radius 2 is 2.00 bits per heavy atom. The van der Waals surface area contributed by atoms with Crippen LogP contribution in [-0.2, 0) is 10.0 Å². The number of sulfonamides is 1. The van der Waals surface area contributed by atoms with E-state index < -0.39 is 10.0 Å². The highest BCUT2D eigenvalue weighted by Crippen LogP contribution is 2.34. The summed E-state index contributed by atoms with van der Waals surface area (Å²) in [5.41, 5.74) is 1.03. The summed E-state index contributed by atoms with van der Waals surface area (Å²) >= 11 is 4.68. The van der Waals surface area contributed by atoms with Crippen molar-refractivity contribution in [1.82, 2.24) is 9.62 Å². The quantitative estimate of drug-likeness (QED) is 0.894. The van der Waals surface area contributed by atoms with Crippen molar-refractivity contribution in [3.63, 3.8) is 0 Å². The van der Waals surface area contributed by atoms with Gasteiger partial charge in [0.15, 0.2) is 0 Å². The average Bonchev–Trinajstić information content (AvgIpc) is 2.71. The van der Waals surface area contributed by atoms with Crippen LogP contribution in [0.2, 0.25) is 0 Å². The molecule has 0 radical (unpaired) electrons. The fourth-order valence-corrected chi connectivity index (χ4v) is 5.98. The molecule has 1 aromatic rings. The van der Waals surface area contributed by atoms with Crippen LogP contribution in [-0.4, -0.2) is 38.4 Å². The lowest BCUT2D eigenvalue weighted by atomic mass is 9.91. The van der Waals surface area contributed by atoms with Crippen LogP contribution < -0.4 is 5.32 Å². The standard InChI is InChI=1S/C12H19BrN2O2S2/c1-9-8-10(18-11(9)13)19(16,17)15-6-4-12(2,14-3)5-7-15/h8,14H,4-7H2,1-3H3. The van der Waals surface area contributed by atoms with E-state index in [9.17, 15) is 8.42 Å². The topological polar surface area (TPSA) is 49.4 Å². The van der Waals surface area contributed by atoms with Crippen molar-refractivity contribution in [2.24, 2.45) is 0 Å². The fourth-order valence-electron chi connectivity index (χ4n) is 2.16. The lowest BCUT2D eigenvalue weighted by Gasteiger charge is -2.38. The highest BCUT2D eigenvalue weighted by atomic mass is 79.9. The number of thiophene rings is 1. The first-order valence-electron chi connectivity index (χ1n) is 6.23. The van der Waals surface area contributed by atoms with E-state index in [-0.39, 0.29) is 5.54 Å². The predicted molar refractivity (Wildman–Crippen MR) is 82.2 cm³/mol. The number of aryl methyl sites for hydroxylation is 1. The van der Waals surface area contributed by atoms with Gasteiger partial charge in [-0.3, -0.25) is 0 Å². The molecule has 1 saturated heterocycles. The minimum absolute atomic E-state index is 0.0535. The summed E-state index contributed by atoms with van der Waals surface area (Å²) in [6, 6.07) is 1.75. The second kappa shape index (κ2) is 5.44. The minimum atomic E-state index is -3.33. The molecule has 0 unspecified atom stereocenters. The molecule has 108 valence electrons. The average molecular weight is 367 g/mol. The van der Waals surface area contributed by atoms with Crippen molar-refractivity contribution >= 4 is 37.3 Å². The van der Waals surface area contributed by atoms with E-state index >= 15 is 0 Å². The van der Waals surface area contributed by atoms with Gasteiger partial charge in [-0.05, 0) is 61.3 Å². The van der Waals surface area contributed by atoms with Crippen LogP contribution in [0.25, 0.3) is 0 Å². The molecule has 0 amide bonds. The third kappa shape index (κ3) is 3.05. The zero-order valence-electron chi connectivity index (χ0n) is 11.4. The molecule has 0 saturated carbocycles. The largest absolute Gasteiger partial charge is 0.314 e. The Morgan fingerprint density at radius 1 is 1.42 bits per heavy atom. The number of rotatable bonds is 3. The molecule has 1 aromatic heterocycles. The summed E-state index contributed by atoms with van der Waals surface area (Å²) in [6.45, 7) is 5.21.